The molecule has 1 aromatic rings. The highest BCUT2D eigenvalue weighted by molar-refractivity contribution is 5.71. The van der Waals surface area contributed by atoms with Crippen LogP contribution >= 0.6 is 0 Å². The van der Waals surface area contributed by atoms with E-state index in [0.717, 1.165) is 25.4 Å². The normalized spacial score (nSPS) is 11.5. The number of carbonyl (C=O) groups is 1. The monoisotopic (exact) mass is 330 g/mol. The van der Waals surface area contributed by atoms with Crippen molar-refractivity contribution in [2.45, 2.75) is 26.9 Å². The first-order valence-corrected chi connectivity index (χ1v) is 7.27. The minimum Gasteiger partial charge on any atom is -1.00 e. The Kier molecular flexibility index (Phi) is 10.4. The summed E-state index contributed by atoms with van der Waals surface area (Å²) in [4.78, 5) is 13.9. The van der Waals surface area contributed by atoms with E-state index in [9.17, 15) is 4.79 Å². The molecule has 0 fully saturated rings. The quantitative estimate of drug-likeness (QED) is 0.563. The van der Waals surface area contributed by atoms with Crippen molar-refractivity contribution in [1.82, 2.24) is 4.90 Å². The second kappa shape index (κ2) is 11.2. The van der Waals surface area contributed by atoms with Crippen LogP contribution in [0.15, 0.2) is 24.3 Å². The molecule has 0 spiro atoms. The summed E-state index contributed by atoms with van der Waals surface area (Å²) in [6.45, 7) is 8.61. The number of nitrogens with zero attached hydrogens (tertiary/aromatic N) is 1. The van der Waals surface area contributed by atoms with Crippen LogP contribution in [0.5, 0.6) is 11.5 Å². The van der Waals surface area contributed by atoms with Crippen molar-refractivity contribution in [3.63, 3.8) is 0 Å². The van der Waals surface area contributed by atoms with Gasteiger partial charge in [-0.05, 0) is 44.3 Å². The average molecular weight is 331 g/mol. The van der Waals surface area contributed by atoms with Crippen LogP contribution in [0.3, 0.4) is 0 Å². The zero-order valence-electron chi connectivity index (χ0n) is 13.7. The Bertz CT molecular complexity index is 421. The molecule has 1 unspecified atom stereocenters. The molecule has 126 valence electrons. The van der Waals surface area contributed by atoms with Crippen molar-refractivity contribution in [2.75, 3.05) is 33.4 Å². The first kappa shape index (κ1) is 20.5. The van der Waals surface area contributed by atoms with Crippen LogP contribution in [-0.2, 0) is 9.53 Å². The molecule has 5 nitrogen and oxygen atoms in total. The van der Waals surface area contributed by atoms with E-state index in [1.54, 1.807) is 31.4 Å². The highest BCUT2D eigenvalue weighted by Gasteiger charge is 2.13. The molecule has 0 saturated carbocycles. The lowest BCUT2D eigenvalue weighted by Crippen LogP contribution is -3.00. The number of esters is 1. The van der Waals surface area contributed by atoms with Gasteiger partial charge in [-0.15, -0.1) is 0 Å². The average Bonchev–Trinajstić information content (AvgIpc) is 2.51. The molecule has 6 heteroatoms. The smallest absolute Gasteiger partial charge is 0.344 e. The fourth-order valence-electron chi connectivity index (χ4n) is 1.96. The van der Waals surface area contributed by atoms with Crippen molar-refractivity contribution < 1.29 is 31.4 Å². The Hall–Kier alpha value is -1.46. The maximum atomic E-state index is 11.7. The van der Waals surface area contributed by atoms with Crippen LogP contribution in [0.25, 0.3) is 0 Å². The maximum absolute atomic E-state index is 11.7. The molecule has 0 N–H and O–H groups in total. The third-order valence-electron chi connectivity index (χ3n) is 3.16. The van der Waals surface area contributed by atoms with Gasteiger partial charge in [0.2, 0.25) is 0 Å². The fraction of sp³-hybridized carbons (Fsp3) is 0.562. The van der Waals surface area contributed by atoms with Crippen molar-refractivity contribution >= 4 is 5.97 Å². The maximum Gasteiger partial charge on any atom is 0.344 e. The van der Waals surface area contributed by atoms with Crippen LogP contribution in [0, 0.1) is 0 Å². The lowest BCUT2D eigenvalue weighted by Gasteiger charge is -2.22. The number of hydrogen-bond donors (Lipinski definition) is 0. The number of halogens is 1. The minimum atomic E-state index is -0.356. The van der Waals surface area contributed by atoms with Gasteiger partial charge >= 0.3 is 5.97 Å². The summed E-state index contributed by atoms with van der Waals surface area (Å²) in [7, 11) is 1.60. The third kappa shape index (κ3) is 7.52. The Morgan fingerprint density at radius 2 is 1.68 bits per heavy atom. The van der Waals surface area contributed by atoms with E-state index in [1.807, 2.05) is 6.92 Å². The van der Waals surface area contributed by atoms with E-state index in [1.165, 1.54) is 0 Å². The first-order valence-electron chi connectivity index (χ1n) is 7.27. The minimum absolute atomic E-state index is 0. The van der Waals surface area contributed by atoms with E-state index in [2.05, 4.69) is 18.7 Å². The third-order valence-corrected chi connectivity index (χ3v) is 3.16. The van der Waals surface area contributed by atoms with Crippen LogP contribution in [0.1, 0.15) is 20.8 Å². The molecule has 1 aromatic carbocycles. The van der Waals surface area contributed by atoms with Crippen LogP contribution < -0.4 is 21.9 Å². The summed E-state index contributed by atoms with van der Waals surface area (Å²) in [6.07, 6.45) is -0.142. The number of carbonyl (C=O) groups excluding carboxylic acids is 1. The summed E-state index contributed by atoms with van der Waals surface area (Å²) in [5.41, 5.74) is 0. The number of hydrogen-bond acceptors (Lipinski definition) is 5. The van der Waals surface area contributed by atoms with E-state index in [0.29, 0.717) is 5.75 Å². The Morgan fingerprint density at radius 1 is 1.14 bits per heavy atom. The van der Waals surface area contributed by atoms with E-state index < -0.39 is 0 Å². The lowest BCUT2D eigenvalue weighted by atomic mass is 10.3. The van der Waals surface area contributed by atoms with Crippen molar-refractivity contribution in [2.24, 2.45) is 0 Å². The molecule has 1 rings (SSSR count). The van der Waals surface area contributed by atoms with Gasteiger partial charge in [0.1, 0.15) is 17.6 Å². The molecule has 0 aliphatic rings. The molecular weight excluding hydrogens is 306 g/mol. The second-order valence-electron chi connectivity index (χ2n) is 4.75. The summed E-state index contributed by atoms with van der Waals surface area (Å²) in [5, 5.41) is 0. The van der Waals surface area contributed by atoms with Gasteiger partial charge in [0.15, 0.2) is 6.61 Å². The Morgan fingerprint density at radius 3 is 2.18 bits per heavy atom. The molecule has 0 heterocycles. The van der Waals surface area contributed by atoms with Crippen LogP contribution in [0.4, 0.5) is 0 Å². The zero-order valence-corrected chi connectivity index (χ0v) is 14.4. The summed E-state index contributed by atoms with van der Waals surface area (Å²) >= 11 is 0. The van der Waals surface area contributed by atoms with Gasteiger partial charge in [-0.2, -0.15) is 0 Å². The predicted octanol–water partition coefficient (Wildman–Crippen LogP) is -0.648. The van der Waals surface area contributed by atoms with Gasteiger partial charge in [-0.1, -0.05) is 13.8 Å². The number of likely N-dealkylation sites (N-methyl/N-ethyl adjacent to an activating group) is 1. The molecule has 0 saturated heterocycles. The highest BCUT2D eigenvalue weighted by Crippen LogP contribution is 2.16. The Labute approximate surface area is 138 Å². The number of ether oxygens (including phenoxy) is 3. The molecule has 0 radical (unpaired) electrons. The van der Waals surface area contributed by atoms with Gasteiger partial charge in [-0.25, -0.2) is 4.79 Å². The second-order valence-corrected chi connectivity index (χ2v) is 4.75. The van der Waals surface area contributed by atoms with Crippen molar-refractivity contribution in [3.05, 3.63) is 24.3 Å². The molecule has 0 aromatic heterocycles. The standard InChI is InChI=1S/C16H25NO4.ClH/c1-5-17(6-2)11-13(3)21-16(18)12-20-15-9-7-14(19-4)8-10-15;/h7-10,13H,5-6,11-12H2,1-4H3;1H/p-1. The number of rotatable bonds is 9. The van der Waals surface area contributed by atoms with Crippen LogP contribution in [-0.4, -0.2) is 50.3 Å². The first-order chi connectivity index (χ1) is 10.1. The number of methoxy groups -OCH3 is 1. The predicted molar refractivity (Wildman–Crippen MR) is 81.8 cm³/mol. The molecule has 0 aliphatic carbocycles. The Balaban J connectivity index is 0.00000441. The molecule has 0 bridgehead atoms. The summed E-state index contributed by atoms with van der Waals surface area (Å²) in [6, 6.07) is 7.07. The molecular formula is C16H25ClNO4-. The van der Waals surface area contributed by atoms with Gasteiger partial charge < -0.3 is 31.5 Å². The van der Waals surface area contributed by atoms with Crippen LogP contribution in [0.2, 0.25) is 0 Å². The topological polar surface area (TPSA) is 48.0 Å². The fourth-order valence-corrected chi connectivity index (χ4v) is 1.96. The van der Waals surface area contributed by atoms with E-state index in [-0.39, 0.29) is 31.1 Å². The van der Waals surface area contributed by atoms with Gasteiger partial charge in [0.05, 0.1) is 7.11 Å². The van der Waals surface area contributed by atoms with E-state index in [4.69, 9.17) is 14.2 Å². The van der Waals surface area contributed by atoms with Gasteiger partial charge in [0.25, 0.3) is 0 Å². The zero-order chi connectivity index (χ0) is 15.7. The highest BCUT2D eigenvalue weighted by atomic mass is 35.5. The lowest BCUT2D eigenvalue weighted by molar-refractivity contribution is -0.151. The van der Waals surface area contributed by atoms with E-state index >= 15 is 0 Å². The SMILES string of the molecule is CCN(CC)CC(C)OC(=O)COc1ccc(OC)cc1.[Cl-]. The summed E-state index contributed by atoms with van der Waals surface area (Å²) < 4.78 is 15.8. The number of benzene rings is 1. The van der Waals surface area contributed by atoms with Gasteiger partial charge in [0, 0.05) is 6.54 Å². The molecule has 22 heavy (non-hydrogen) atoms. The molecule has 0 aliphatic heterocycles. The van der Waals surface area contributed by atoms with Crippen molar-refractivity contribution in [1.29, 1.82) is 0 Å². The molecule has 0 amide bonds. The summed E-state index contributed by atoms with van der Waals surface area (Å²) in [5.74, 6) is 1.01. The van der Waals surface area contributed by atoms with Crippen molar-refractivity contribution in [3.8, 4) is 11.5 Å². The largest absolute Gasteiger partial charge is 1.00 e. The van der Waals surface area contributed by atoms with Gasteiger partial charge in [-0.3, -0.25) is 0 Å². The molecule has 1 atom stereocenters.